The molecule has 5 heteroatoms. The van der Waals surface area contributed by atoms with Crippen LogP contribution in [0, 0.1) is 0 Å². The molecule has 4 nitrogen and oxygen atoms in total. The topological polar surface area (TPSA) is 57.6 Å². The van der Waals surface area contributed by atoms with Gasteiger partial charge in [-0.25, -0.2) is 0 Å². The number of hydrogen-bond acceptors (Lipinski definition) is 4. The molecule has 0 unspecified atom stereocenters. The third-order valence-corrected chi connectivity index (χ3v) is 7.10. The van der Waals surface area contributed by atoms with E-state index in [4.69, 9.17) is 0 Å². The van der Waals surface area contributed by atoms with E-state index in [1.165, 1.54) is 11.3 Å². The van der Waals surface area contributed by atoms with Crippen LogP contribution in [-0.2, 0) is 11.2 Å². The third kappa shape index (κ3) is 4.83. The number of phenols is 1. The van der Waals surface area contributed by atoms with Crippen LogP contribution in [0.25, 0.3) is 20.5 Å². The highest BCUT2D eigenvalue weighted by Gasteiger charge is 2.22. The smallest absolute Gasteiger partial charge is 0.222 e. The molecule has 0 fully saturated rings. The maximum atomic E-state index is 13.6. The Morgan fingerprint density at radius 2 is 1.61 bits per heavy atom. The predicted octanol–water partition coefficient (Wildman–Crippen LogP) is 6.31. The lowest BCUT2D eigenvalue weighted by Gasteiger charge is -2.18. The highest BCUT2D eigenvalue weighted by atomic mass is 32.1. The van der Waals surface area contributed by atoms with Crippen molar-refractivity contribution in [1.29, 1.82) is 0 Å². The van der Waals surface area contributed by atoms with Gasteiger partial charge in [0.05, 0.1) is 0 Å². The number of ketones is 1. The Hall–Kier alpha value is -3.44. The number of carbonyl (C=O) groups is 2. The van der Waals surface area contributed by atoms with Crippen molar-refractivity contribution >= 4 is 33.1 Å². The monoisotopic (exact) mass is 457 g/mol. The van der Waals surface area contributed by atoms with E-state index in [1.807, 2.05) is 79.4 Å². The van der Waals surface area contributed by atoms with Crippen LogP contribution in [0.3, 0.4) is 0 Å². The number of carbonyl (C=O) groups excluding carboxylic acids is 2. The maximum Gasteiger partial charge on any atom is 0.222 e. The lowest BCUT2D eigenvalue weighted by Crippen LogP contribution is -2.30. The fourth-order valence-corrected chi connectivity index (χ4v) is 5.29. The van der Waals surface area contributed by atoms with E-state index in [9.17, 15) is 14.7 Å². The van der Waals surface area contributed by atoms with Gasteiger partial charge in [-0.3, -0.25) is 9.59 Å². The average molecular weight is 458 g/mol. The fourth-order valence-electron chi connectivity index (χ4n) is 4.06. The number of rotatable bonds is 8. The minimum absolute atomic E-state index is 0.0449. The van der Waals surface area contributed by atoms with E-state index < -0.39 is 0 Å². The van der Waals surface area contributed by atoms with Crippen LogP contribution in [-0.4, -0.2) is 34.8 Å². The number of thiophene rings is 1. The van der Waals surface area contributed by atoms with Crippen molar-refractivity contribution in [2.24, 2.45) is 0 Å². The highest BCUT2D eigenvalue weighted by Crippen LogP contribution is 2.41. The molecule has 1 aromatic heterocycles. The van der Waals surface area contributed by atoms with Gasteiger partial charge >= 0.3 is 0 Å². The molecule has 168 valence electrons. The average Bonchev–Trinajstić information content (AvgIpc) is 3.22. The molecule has 1 N–H and O–H groups in total. The van der Waals surface area contributed by atoms with Crippen molar-refractivity contribution in [3.05, 3.63) is 89.5 Å². The summed E-state index contributed by atoms with van der Waals surface area (Å²) in [6.07, 6.45) is 1.12. The molecule has 0 bridgehead atoms. The Kier molecular flexibility index (Phi) is 6.90. The van der Waals surface area contributed by atoms with Crippen LogP contribution in [0.2, 0.25) is 0 Å². The molecule has 1 amide bonds. The van der Waals surface area contributed by atoms with Crippen LogP contribution < -0.4 is 0 Å². The molecule has 0 aliphatic carbocycles. The van der Waals surface area contributed by atoms with Crippen molar-refractivity contribution in [1.82, 2.24) is 4.90 Å². The van der Waals surface area contributed by atoms with E-state index in [-0.39, 0.29) is 17.4 Å². The van der Waals surface area contributed by atoms with Gasteiger partial charge < -0.3 is 10.0 Å². The van der Waals surface area contributed by atoms with E-state index in [1.54, 1.807) is 12.1 Å². The van der Waals surface area contributed by atoms with Gasteiger partial charge in [0, 0.05) is 45.6 Å². The molecule has 4 aromatic rings. The second-order valence-corrected chi connectivity index (χ2v) is 9.00. The quantitative estimate of drug-likeness (QED) is 0.316. The van der Waals surface area contributed by atoms with Gasteiger partial charge in [-0.2, -0.15) is 0 Å². The van der Waals surface area contributed by atoms with Crippen LogP contribution >= 0.6 is 11.3 Å². The molecule has 3 aromatic carbocycles. The summed E-state index contributed by atoms with van der Waals surface area (Å²) in [6, 6.07) is 22.6. The fraction of sp³-hybridized carbons (Fsp3) is 0.214. The molecule has 4 rings (SSSR count). The highest BCUT2D eigenvalue weighted by molar-refractivity contribution is 7.22. The largest absolute Gasteiger partial charge is 0.508 e. The zero-order valence-electron chi connectivity index (χ0n) is 18.9. The Bertz CT molecular complexity index is 1270. The first-order valence-electron chi connectivity index (χ1n) is 11.2. The lowest BCUT2D eigenvalue weighted by molar-refractivity contribution is -0.130. The molecule has 0 aliphatic rings. The number of nitrogens with zero attached hydrogens (tertiary/aromatic N) is 1. The molecule has 33 heavy (non-hydrogen) atoms. The Labute approximate surface area is 198 Å². The van der Waals surface area contributed by atoms with Gasteiger partial charge in [-0.1, -0.05) is 54.6 Å². The van der Waals surface area contributed by atoms with Crippen LogP contribution in [0.15, 0.2) is 72.8 Å². The van der Waals surface area contributed by atoms with Crippen molar-refractivity contribution in [2.45, 2.75) is 26.7 Å². The number of amides is 1. The van der Waals surface area contributed by atoms with Crippen molar-refractivity contribution in [2.75, 3.05) is 13.1 Å². The summed E-state index contributed by atoms with van der Waals surface area (Å²) < 4.78 is 0.878. The van der Waals surface area contributed by atoms with Crippen LogP contribution in [0.4, 0.5) is 0 Å². The molecule has 0 saturated heterocycles. The second kappa shape index (κ2) is 10.0. The standard InChI is InChI=1S/C28H27NO3S/c1-3-29(4-2)25(31)17-12-19-10-13-20(14-11-19)27(32)26-23-16-15-22(30)18-24(23)33-28(26)21-8-6-5-7-9-21/h5-11,13-16,18,30H,3-4,12,17H2,1-2H3. The van der Waals surface area contributed by atoms with Gasteiger partial charge in [-0.15, -0.1) is 11.3 Å². The molecule has 0 aliphatic heterocycles. The Morgan fingerprint density at radius 3 is 2.27 bits per heavy atom. The van der Waals surface area contributed by atoms with Crippen molar-refractivity contribution < 1.29 is 14.7 Å². The summed E-state index contributed by atoms with van der Waals surface area (Å²) in [7, 11) is 0. The second-order valence-electron chi connectivity index (χ2n) is 7.94. The zero-order valence-corrected chi connectivity index (χ0v) is 19.7. The van der Waals surface area contributed by atoms with Gasteiger partial charge in [0.2, 0.25) is 5.91 Å². The molecular formula is C28H27NO3S. The van der Waals surface area contributed by atoms with Crippen LogP contribution in [0.5, 0.6) is 5.75 Å². The minimum Gasteiger partial charge on any atom is -0.508 e. The summed E-state index contributed by atoms with van der Waals surface area (Å²) >= 11 is 1.51. The molecule has 1 heterocycles. The summed E-state index contributed by atoms with van der Waals surface area (Å²) in [5.41, 5.74) is 3.29. The molecular weight excluding hydrogens is 430 g/mol. The maximum absolute atomic E-state index is 13.6. The summed E-state index contributed by atoms with van der Waals surface area (Å²) in [6.45, 7) is 5.42. The number of benzene rings is 3. The first-order chi connectivity index (χ1) is 16.0. The SMILES string of the molecule is CCN(CC)C(=O)CCc1ccc(C(=O)c2c(-c3ccccc3)sc3cc(O)ccc23)cc1. The number of aromatic hydroxyl groups is 1. The van der Waals surface area contributed by atoms with E-state index in [0.717, 1.165) is 39.2 Å². The zero-order chi connectivity index (χ0) is 23.4. The Balaban J connectivity index is 1.63. The normalized spacial score (nSPS) is 11.0. The third-order valence-electron chi connectivity index (χ3n) is 5.90. The summed E-state index contributed by atoms with van der Waals surface area (Å²) in [5.74, 6) is 0.295. The first-order valence-corrected chi connectivity index (χ1v) is 12.1. The molecule has 0 spiro atoms. The predicted molar refractivity (Wildman–Crippen MR) is 135 cm³/mol. The van der Waals surface area contributed by atoms with Crippen molar-refractivity contribution in [3.8, 4) is 16.2 Å². The van der Waals surface area contributed by atoms with Gasteiger partial charge in [-0.05, 0) is 49.6 Å². The molecule has 0 radical (unpaired) electrons. The number of fused-ring (bicyclic) bond motifs is 1. The first kappa shape index (κ1) is 22.7. The van der Waals surface area contributed by atoms with Crippen LogP contribution in [0.1, 0.15) is 41.8 Å². The minimum atomic E-state index is -0.0449. The number of hydrogen-bond donors (Lipinski definition) is 1. The number of aryl methyl sites for hydroxylation is 1. The summed E-state index contributed by atoms with van der Waals surface area (Å²) in [4.78, 5) is 28.6. The van der Waals surface area contributed by atoms with E-state index in [2.05, 4.69) is 0 Å². The molecule has 0 saturated carbocycles. The summed E-state index contributed by atoms with van der Waals surface area (Å²) in [5, 5.41) is 10.8. The molecule has 0 atom stereocenters. The number of phenolic OH excluding ortho intramolecular Hbond substituents is 1. The Morgan fingerprint density at radius 1 is 0.909 bits per heavy atom. The lowest BCUT2D eigenvalue weighted by atomic mass is 9.96. The van der Waals surface area contributed by atoms with Gasteiger partial charge in [0.1, 0.15) is 5.75 Å². The van der Waals surface area contributed by atoms with Gasteiger partial charge in [0.25, 0.3) is 0 Å². The van der Waals surface area contributed by atoms with E-state index in [0.29, 0.717) is 24.0 Å². The van der Waals surface area contributed by atoms with E-state index >= 15 is 0 Å². The van der Waals surface area contributed by atoms with Crippen molar-refractivity contribution in [3.63, 3.8) is 0 Å². The van der Waals surface area contributed by atoms with Gasteiger partial charge in [0.15, 0.2) is 5.78 Å².